The summed E-state index contributed by atoms with van der Waals surface area (Å²) in [5.41, 5.74) is -0.189. The number of ketones is 1. The average Bonchev–Trinajstić information content (AvgIpc) is 1.93. The Morgan fingerprint density at radius 2 is 2.07 bits per heavy atom. The van der Waals surface area contributed by atoms with Gasteiger partial charge in [-0.2, -0.15) is 0 Å². The number of allylic oxidation sites excluding steroid dienone is 1. The molecule has 1 unspecified atom stereocenters. The first-order valence-corrected chi connectivity index (χ1v) is 5.21. The van der Waals surface area contributed by atoms with Crippen molar-refractivity contribution in [1.29, 1.82) is 0 Å². The number of carbonyl (C=O) groups is 1. The van der Waals surface area contributed by atoms with E-state index in [4.69, 9.17) is 0 Å². The van der Waals surface area contributed by atoms with Crippen molar-refractivity contribution in [2.75, 3.05) is 0 Å². The molecule has 0 aliphatic carbocycles. The van der Waals surface area contributed by atoms with Crippen LogP contribution in [0, 0.1) is 5.92 Å². The highest BCUT2D eigenvalue weighted by Gasteiger charge is 2.43. The number of hydrogen-bond acceptors (Lipinski definition) is 2. The maximum atomic E-state index is 11.9. The highest BCUT2D eigenvalue weighted by atomic mass is 16.1. The molecule has 2 heteroatoms. The van der Waals surface area contributed by atoms with Crippen LogP contribution in [0.1, 0.15) is 40.5 Å². The van der Waals surface area contributed by atoms with E-state index < -0.39 is 0 Å². The summed E-state index contributed by atoms with van der Waals surface area (Å²) in [6.45, 7) is 12.1. The molecule has 0 aromatic rings. The fourth-order valence-corrected chi connectivity index (χ4v) is 2.56. The minimum absolute atomic E-state index is 0.0712. The van der Waals surface area contributed by atoms with E-state index >= 15 is 0 Å². The molecule has 1 rings (SSSR count). The maximum Gasteiger partial charge on any atom is 0.139 e. The second-order valence-electron chi connectivity index (χ2n) is 5.45. The van der Waals surface area contributed by atoms with E-state index in [9.17, 15) is 4.79 Å². The van der Waals surface area contributed by atoms with Crippen molar-refractivity contribution in [3.05, 3.63) is 12.7 Å². The molecule has 14 heavy (non-hydrogen) atoms. The lowest BCUT2D eigenvalue weighted by atomic mass is 9.72. The van der Waals surface area contributed by atoms with Crippen molar-refractivity contribution in [1.82, 2.24) is 5.32 Å². The zero-order valence-electron chi connectivity index (χ0n) is 9.68. The monoisotopic (exact) mass is 195 g/mol. The van der Waals surface area contributed by atoms with Gasteiger partial charge in [-0.05, 0) is 34.1 Å². The van der Waals surface area contributed by atoms with Crippen molar-refractivity contribution in [2.45, 2.75) is 51.6 Å². The van der Waals surface area contributed by atoms with Gasteiger partial charge in [0.05, 0.1) is 0 Å². The van der Waals surface area contributed by atoms with Crippen LogP contribution in [0.4, 0.5) is 0 Å². The Hall–Kier alpha value is -0.630. The summed E-state index contributed by atoms with van der Waals surface area (Å²) in [6.07, 6.45) is 3.23. The molecule has 0 saturated carbocycles. The third-order valence-electron chi connectivity index (χ3n) is 2.94. The van der Waals surface area contributed by atoms with Gasteiger partial charge in [0.1, 0.15) is 5.78 Å². The smallest absolute Gasteiger partial charge is 0.139 e. The number of nitrogens with one attached hydrogen (secondary N) is 1. The van der Waals surface area contributed by atoms with Gasteiger partial charge in [-0.15, -0.1) is 6.58 Å². The molecule has 0 radical (unpaired) electrons. The van der Waals surface area contributed by atoms with Crippen molar-refractivity contribution in [3.63, 3.8) is 0 Å². The Kier molecular flexibility index (Phi) is 2.86. The Labute approximate surface area is 86.8 Å². The largest absolute Gasteiger partial charge is 0.306 e. The Morgan fingerprint density at radius 1 is 1.50 bits per heavy atom. The lowest BCUT2D eigenvalue weighted by molar-refractivity contribution is -0.130. The molecule has 1 aliphatic heterocycles. The molecule has 2 nitrogen and oxygen atoms in total. The highest BCUT2D eigenvalue weighted by molar-refractivity contribution is 5.84. The normalized spacial score (nSPS) is 30.0. The summed E-state index contributed by atoms with van der Waals surface area (Å²) in [5, 5.41) is 3.53. The second kappa shape index (κ2) is 3.50. The number of hydrogen-bond donors (Lipinski definition) is 1. The van der Waals surface area contributed by atoms with Crippen LogP contribution in [0.2, 0.25) is 0 Å². The second-order valence-corrected chi connectivity index (χ2v) is 5.45. The van der Waals surface area contributed by atoms with Crippen LogP contribution >= 0.6 is 0 Å². The molecular weight excluding hydrogens is 174 g/mol. The molecule has 1 saturated heterocycles. The van der Waals surface area contributed by atoms with Gasteiger partial charge in [0, 0.05) is 23.4 Å². The number of rotatable bonds is 2. The van der Waals surface area contributed by atoms with Crippen molar-refractivity contribution in [2.24, 2.45) is 5.92 Å². The van der Waals surface area contributed by atoms with Gasteiger partial charge < -0.3 is 5.32 Å². The Balaban J connectivity index is 2.88. The predicted octanol–water partition coefficient (Wildman–Crippen LogP) is 2.30. The molecule has 0 bridgehead atoms. The lowest BCUT2D eigenvalue weighted by Gasteiger charge is -2.46. The number of piperidine rings is 1. The van der Waals surface area contributed by atoms with Crippen LogP contribution in [0.15, 0.2) is 12.7 Å². The van der Waals surface area contributed by atoms with E-state index in [0.717, 1.165) is 6.42 Å². The third kappa shape index (κ3) is 2.24. The molecule has 80 valence electrons. The Morgan fingerprint density at radius 3 is 2.50 bits per heavy atom. The molecular formula is C12H21NO. The van der Waals surface area contributed by atoms with E-state index in [2.05, 4.69) is 39.6 Å². The first-order valence-electron chi connectivity index (χ1n) is 5.21. The summed E-state index contributed by atoms with van der Waals surface area (Å²) in [4.78, 5) is 11.9. The van der Waals surface area contributed by atoms with Gasteiger partial charge in [0.15, 0.2) is 0 Å². The summed E-state index contributed by atoms with van der Waals surface area (Å²) < 4.78 is 0. The van der Waals surface area contributed by atoms with E-state index in [-0.39, 0.29) is 17.0 Å². The molecule has 1 N–H and O–H groups in total. The quantitative estimate of drug-likeness (QED) is 0.685. The van der Waals surface area contributed by atoms with Crippen LogP contribution < -0.4 is 5.32 Å². The summed E-state index contributed by atoms with van der Waals surface area (Å²) in [6, 6.07) is 0. The maximum absolute atomic E-state index is 11.9. The van der Waals surface area contributed by atoms with E-state index in [1.807, 2.05) is 6.08 Å². The summed E-state index contributed by atoms with van der Waals surface area (Å²) in [7, 11) is 0. The van der Waals surface area contributed by atoms with Gasteiger partial charge in [-0.25, -0.2) is 0 Å². The first kappa shape index (κ1) is 11.4. The minimum Gasteiger partial charge on any atom is -0.306 e. The van der Waals surface area contributed by atoms with Gasteiger partial charge in [0.25, 0.3) is 0 Å². The fraction of sp³-hybridized carbons (Fsp3) is 0.750. The van der Waals surface area contributed by atoms with Crippen LogP contribution in [0.5, 0.6) is 0 Å². The SMILES string of the molecule is C=CCC1C(=O)CC(C)(C)NC1(C)C. The molecule has 1 fully saturated rings. The number of carbonyl (C=O) groups excluding carboxylic acids is 1. The minimum atomic E-state index is -0.118. The van der Waals surface area contributed by atoms with E-state index in [1.165, 1.54) is 0 Å². The van der Waals surface area contributed by atoms with Gasteiger partial charge in [-0.3, -0.25) is 4.79 Å². The van der Waals surface area contributed by atoms with Gasteiger partial charge >= 0.3 is 0 Å². The zero-order valence-corrected chi connectivity index (χ0v) is 9.68. The first-order chi connectivity index (χ1) is 6.28. The topological polar surface area (TPSA) is 29.1 Å². The fourth-order valence-electron chi connectivity index (χ4n) is 2.56. The van der Waals surface area contributed by atoms with E-state index in [1.54, 1.807) is 0 Å². The average molecular weight is 195 g/mol. The van der Waals surface area contributed by atoms with Crippen LogP contribution in [0.3, 0.4) is 0 Å². The van der Waals surface area contributed by atoms with Crippen LogP contribution in [-0.4, -0.2) is 16.9 Å². The molecule has 0 amide bonds. The van der Waals surface area contributed by atoms with E-state index in [0.29, 0.717) is 12.2 Å². The molecule has 1 heterocycles. The van der Waals surface area contributed by atoms with Crippen molar-refractivity contribution >= 4 is 5.78 Å². The van der Waals surface area contributed by atoms with Gasteiger partial charge in [-0.1, -0.05) is 6.08 Å². The highest BCUT2D eigenvalue weighted by Crippen LogP contribution is 2.32. The molecule has 1 aliphatic rings. The Bertz CT molecular complexity index is 253. The van der Waals surface area contributed by atoms with Crippen LogP contribution in [0.25, 0.3) is 0 Å². The summed E-state index contributed by atoms with van der Waals surface area (Å²) in [5.74, 6) is 0.437. The molecule has 0 aromatic carbocycles. The summed E-state index contributed by atoms with van der Waals surface area (Å²) >= 11 is 0. The zero-order chi connectivity index (χ0) is 11.0. The predicted molar refractivity (Wildman–Crippen MR) is 59.2 cm³/mol. The van der Waals surface area contributed by atoms with Gasteiger partial charge in [0.2, 0.25) is 0 Å². The van der Waals surface area contributed by atoms with Crippen molar-refractivity contribution < 1.29 is 4.79 Å². The molecule has 0 aromatic heterocycles. The van der Waals surface area contributed by atoms with Crippen LogP contribution in [-0.2, 0) is 4.79 Å². The van der Waals surface area contributed by atoms with Crippen molar-refractivity contribution in [3.8, 4) is 0 Å². The third-order valence-corrected chi connectivity index (χ3v) is 2.94. The number of Topliss-reactive ketones (excluding diaryl/α,β-unsaturated/α-hetero) is 1. The molecule has 0 spiro atoms. The molecule has 1 atom stereocenters. The standard InChI is InChI=1S/C12H21NO/c1-6-7-9-10(14)8-11(2,3)13-12(9,4)5/h6,9,13H,1,7-8H2,2-5H3. The lowest BCUT2D eigenvalue weighted by Crippen LogP contribution is -2.63.